The van der Waals surface area contributed by atoms with Crippen LogP contribution >= 0.6 is 11.9 Å². The summed E-state index contributed by atoms with van der Waals surface area (Å²) in [5.74, 6) is -1.19. The van der Waals surface area contributed by atoms with E-state index in [4.69, 9.17) is 4.74 Å². The molecule has 2 amide bonds. The quantitative estimate of drug-likeness (QED) is 0.459. The first kappa shape index (κ1) is 24.4. The van der Waals surface area contributed by atoms with Gasteiger partial charge in [0.15, 0.2) is 0 Å². The van der Waals surface area contributed by atoms with Crippen LogP contribution in [0.5, 0.6) is 0 Å². The average Bonchev–Trinajstić information content (AvgIpc) is 2.79. The second-order valence-electron chi connectivity index (χ2n) is 7.25. The van der Waals surface area contributed by atoms with Crippen LogP contribution in [0.2, 0.25) is 0 Å². The molecule has 0 bridgehead atoms. The molecule has 0 saturated carbocycles. The van der Waals surface area contributed by atoms with E-state index in [2.05, 4.69) is 20.3 Å². The van der Waals surface area contributed by atoms with E-state index >= 15 is 0 Å². The molecule has 0 radical (unpaired) electrons. The molecule has 1 aliphatic heterocycles. The lowest BCUT2D eigenvalue weighted by Crippen LogP contribution is -2.42. The van der Waals surface area contributed by atoms with Gasteiger partial charge in [-0.05, 0) is 79.0 Å². The number of aromatic nitrogens is 1. The van der Waals surface area contributed by atoms with Gasteiger partial charge in [-0.1, -0.05) is 6.07 Å². The Morgan fingerprint density at radius 3 is 2.36 bits per heavy atom. The summed E-state index contributed by atoms with van der Waals surface area (Å²) in [4.78, 5) is 28.7. The number of amides is 2. The highest BCUT2D eigenvalue weighted by Crippen LogP contribution is 2.19. The first-order valence-electron chi connectivity index (χ1n) is 10.3. The molecule has 4 rings (SSSR count). The third kappa shape index (κ3) is 8.64. The van der Waals surface area contributed by atoms with Gasteiger partial charge in [0.05, 0.1) is 25.8 Å². The topological polar surface area (TPSA) is 92.4 Å². The molecule has 1 fully saturated rings. The number of halogens is 1. The zero-order chi connectivity index (χ0) is 23.5. The third-order valence-electron chi connectivity index (χ3n) is 4.44. The Kier molecular flexibility index (Phi) is 9.37. The zero-order valence-electron chi connectivity index (χ0n) is 18.1. The van der Waals surface area contributed by atoms with Gasteiger partial charge in [0.1, 0.15) is 5.82 Å². The van der Waals surface area contributed by atoms with Crippen LogP contribution in [0.25, 0.3) is 0 Å². The van der Waals surface area contributed by atoms with Gasteiger partial charge in [-0.3, -0.25) is 19.3 Å². The van der Waals surface area contributed by atoms with E-state index in [1.54, 1.807) is 18.3 Å². The lowest BCUT2D eigenvalue weighted by Gasteiger charge is -2.26. The maximum absolute atomic E-state index is 12.8. The minimum Gasteiger partial charge on any atom is -0.378 e. The number of benzene rings is 2. The Labute approximate surface area is 196 Å². The lowest BCUT2D eigenvalue weighted by atomic mass is 10.2. The summed E-state index contributed by atoms with van der Waals surface area (Å²) in [6, 6.07) is 16.8. The molecule has 3 aromatic rings. The highest BCUT2D eigenvalue weighted by atomic mass is 32.2. The van der Waals surface area contributed by atoms with Crippen molar-refractivity contribution in [3.05, 3.63) is 90.0 Å². The van der Waals surface area contributed by atoms with Crippen molar-refractivity contribution >= 4 is 29.4 Å². The molecule has 0 aliphatic carbocycles. The van der Waals surface area contributed by atoms with Crippen molar-refractivity contribution in [3.63, 3.8) is 0 Å². The maximum Gasteiger partial charge on any atom is 0.251 e. The third-order valence-corrected chi connectivity index (χ3v) is 5.40. The largest absolute Gasteiger partial charge is 0.378 e. The van der Waals surface area contributed by atoms with Crippen LogP contribution < -0.4 is 15.4 Å². The zero-order valence-corrected chi connectivity index (χ0v) is 18.9. The van der Waals surface area contributed by atoms with Gasteiger partial charge in [0.2, 0.25) is 5.91 Å². The molecule has 2 aromatic carbocycles. The molecule has 1 aromatic heterocycles. The standard InChI is InChI=1S/C18H18FN3O3S.C6H7N/c19-13-3-1-12(2-4-13)18(24)20-9-17(23)21-14-5-7-16(8-6-14)26-22-15-10-25-11-15;1-6-3-2-4-7-5-6/h1-8,15,22H,9-11H2,(H,20,24)(H,21,23);2-5H,1H3. The molecule has 7 nitrogen and oxygen atoms in total. The maximum atomic E-state index is 12.8. The predicted octanol–water partition coefficient (Wildman–Crippen LogP) is 3.58. The van der Waals surface area contributed by atoms with E-state index in [1.165, 1.54) is 41.8 Å². The van der Waals surface area contributed by atoms with Crippen LogP contribution in [-0.2, 0) is 9.53 Å². The molecule has 9 heteroatoms. The molecule has 1 saturated heterocycles. The Balaban J connectivity index is 0.000000374. The lowest BCUT2D eigenvalue weighted by molar-refractivity contribution is -0.115. The molecule has 33 heavy (non-hydrogen) atoms. The first-order chi connectivity index (χ1) is 16.0. The molecule has 0 atom stereocenters. The number of hydrogen-bond acceptors (Lipinski definition) is 6. The summed E-state index contributed by atoms with van der Waals surface area (Å²) in [7, 11) is 0. The van der Waals surface area contributed by atoms with Gasteiger partial charge in [0, 0.05) is 28.5 Å². The van der Waals surface area contributed by atoms with Crippen LogP contribution in [0.4, 0.5) is 10.1 Å². The molecule has 2 heterocycles. The Bertz CT molecular complexity index is 1030. The summed E-state index contributed by atoms with van der Waals surface area (Å²) in [5.41, 5.74) is 2.15. The number of pyridine rings is 1. The number of carbonyl (C=O) groups is 2. The van der Waals surface area contributed by atoms with E-state index < -0.39 is 11.7 Å². The second-order valence-corrected chi connectivity index (χ2v) is 8.16. The summed E-state index contributed by atoms with van der Waals surface area (Å²) < 4.78 is 21.2. The van der Waals surface area contributed by atoms with Gasteiger partial charge in [-0.15, -0.1) is 0 Å². The van der Waals surface area contributed by atoms with Crippen LogP contribution in [0, 0.1) is 12.7 Å². The highest BCUT2D eigenvalue weighted by Gasteiger charge is 2.17. The van der Waals surface area contributed by atoms with Crippen molar-refractivity contribution in [1.29, 1.82) is 0 Å². The number of aryl methyl sites for hydroxylation is 1. The minimum atomic E-state index is -0.432. The van der Waals surface area contributed by atoms with Crippen LogP contribution in [0.15, 0.2) is 78.0 Å². The van der Waals surface area contributed by atoms with E-state index in [-0.39, 0.29) is 12.5 Å². The monoisotopic (exact) mass is 468 g/mol. The van der Waals surface area contributed by atoms with Crippen LogP contribution in [0.1, 0.15) is 15.9 Å². The van der Waals surface area contributed by atoms with Crippen molar-refractivity contribution < 1.29 is 18.7 Å². The van der Waals surface area contributed by atoms with E-state index in [0.717, 1.165) is 18.1 Å². The molecule has 0 unspecified atom stereocenters. The number of anilines is 1. The molecule has 1 aliphatic rings. The van der Waals surface area contributed by atoms with Crippen molar-refractivity contribution in [3.8, 4) is 0 Å². The van der Waals surface area contributed by atoms with E-state index in [9.17, 15) is 14.0 Å². The number of hydrogen-bond donors (Lipinski definition) is 3. The molecule has 3 N–H and O–H groups in total. The predicted molar refractivity (Wildman–Crippen MR) is 126 cm³/mol. The van der Waals surface area contributed by atoms with Crippen molar-refractivity contribution in [2.24, 2.45) is 0 Å². The molecular weight excluding hydrogens is 443 g/mol. The Morgan fingerprint density at radius 2 is 1.82 bits per heavy atom. The normalized spacial score (nSPS) is 12.7. The van der Waals surface area contributed by atoms with Crippen molar-refractivity contribution in [2.75, 3.05) is 25.1 Å². The van der Waals surface area contributed by atoms with Gasteiger partial charge in [-0.2, -0.15) is 0 Å². The molecule has 0 spiro atoms. The smallest absolute Gasteiger partial charge is 0.251 e. The van der Waals surface area contributed by atoms with Gasteiger partial charge in [0.25, 0.3) is 5.91 Å². The number of ether oxygens (including phenoxy) is 1. The Hall–Kier alpha value is -3.27. The fourth-order valence-electron chi connectivity index (χ4n) is 2.58. The highest BCUT2D eigenvalue weighted by molar-refractivity contribution is 7.97. The van der Waals surface area contributed by atoms with Gasteiger partial charge >= 0.3 is 0 Å². The summed E-state index contributed by atoms with van der Waals surface area (Å²) in [6.45, 7) is 3.30. The molecule has 172 valence electrons. The van der Waals surface area contributed by atoms with Crippen molar-refractivity contribution in [1.82, 2.24) is 15.0 Å². The first-order valence-corrected chi connectivity index (χ1v) is 11.1. The minimum absolute atomic E-state index is 0.171. The summed E-state index contributed by atoms with van der Waals surface area (Å²) >= 11 is 1.52. The van der Waals surface area contributed by atoms with E-state index in [0.29, 0.717) is 17.3 Å². The molecular formula is C24H25FN4O3S. The van der Waals surface area contributed by atoms with Crippen LogP contribution in [-0.4, -0.2) is 42.6 Å². The fourth-order valence-corrected chi connectivity index (χ4v) is 3.29. The summed E-state index contributed by atoms with van der Waals surface area (Å²) in [5, 5.41) is 5.21. The fraction of sp³-hybridized carbons (Fsp3) is 0.208. The van der Waals surface area contributed by atoms with E-state index in [1.807, 2.05) is 37.4 Å². The average molecular weight is 469 g/mol. The van der Waals surface area contributed by atoms with Crippen LogP contribution in [0.3, 0.4) is 0 Å². The SMILES string of the molecule is Cc1cccnc1.O=C(CNC(=O)c1ccc(F)cc1)Nc1ccc(SNC2COC2)cc1. The second kappa shape index (κ2) is 12.7. The summed E-state index contributed by atoms with van der Waals surface area (Å²) in [6.07, 6.45) is 3.60. The van der Waals surface area contributed by atoms with Gasteiger partial charge in [-0.25, -0.2) is 4.39 Å². The number of nitrogens with one attached hydrogen (secondary N) is 3. The number of rotatable bonds is 7. The number of carbonyl (C=O) groups excluding carboxylic acids is 2. The van der Waals surface area contributed by atoms with Gasteiger partial charge < -0.3 is 15.4 Å². The Morgan fingerprint density at radius 1 is 1.09 bits per heavy atom. The number of nitrogens with zero attached hydrogens (tertiary/aromatic N) is 1. The van der Waals surface area contributed by atoms with Crippen molar-refractivity contribution in [2.45, 2.75) is 17.9 Å².